The second kappa shape index (κ2) is 9.56. The van der Waals surface area contributed by atoms with Crippen molar-refractivity contribution >= 4 is 39.1 Å². The maximum atomic E-state index is 13.7. The van der Waals surface area contributed by atoms with Crippen LogP contribution in [0.3, 0.4) is 0 Å². The van der Waals surface area contributed by atoms with Gasteiger partial charge in [0.15, 0.2) is 4.90 Å². The summed E-state index contributed by atoms with van der Waals surface area (Å²) in [6, 6.07) is 10.9. The van der Waals surface area contributed by atoms with Crippen LogP contribution in [0.2, 0.25) is 5.02 Å². The van der Waals surface area contributed by atoms with Crippen molar-refractivity contribution < 1.29 is 22.9 Å². The topological polar surface area (TPSA) is 121 Å². The first-order valence-corrected chi connectivity index (χ1v) is 13.0. The molecule has 186 valence electrons. The second-order valence-electron chi connectivity index (χ2n) is 8.80. The molecule has 2 amide bonds. The average molecular weight is 521 g/mol. The number of para-hydroxylation sites is 1. The Morgan fingerprint density at radius 3 is 2.40 bits per heavy atom. The molecule has 2 aliphatic heterocycles. The van der Waals surface area contributed by atoms with Crippen LogP contribution in [0.4, 0.5) is 5.69 Å². The highest BCUT2D eigenvalue weighted by atomic mass is 35.5. The molecule has 4 rings (SSSR count). The Balaban J connectivity index is 1.78. The van der Waals surface area contributed by atoms with Gasteiger partial charge in [-0.2, -0.15) is 4.31 Å². The smallest absolute Gasteiger partial charge is 0.289 e. The van der Waals surface area contributed by atoms with Crippen molar-refractivity contribution in [2.75, 3.05) is 13.1 Å². The third-order valence-electron chi connectivity index (χ3n) is 6.37. The van der Waals surface area contributed by atoms with Crippen LogP contribution >= 0.6 is 11.6 Å². The second-order valence-corrected chi connectivity index (χ2v) is 11.1. The largest absolute Gasteiger partial charge is 0.335 e. The molecule has 0 radical (unpaired) electrons. The molecule has 0 spiro atoms. The number of nitro benzene ring substituents is 1. The molecule has 0 saturated carbocycles. The van der Waals surface area contributed by atoms with E-state index in [-0.39, 0.29) is 43.8 Å². The number of sulfonamides is 1. The number of hydrogen-bond donors (Lipinski definition) is 0. The standard InChI is InChI=1S/C23H25ClN4O6S/c1-15(2)25-14-21-26(35(33,34)20-6-4-3-5-18(20)28(31)32)12-11-22(29)27(21)19(23(25)30)13-16-7-9-17(24)10-8-16/h3-10,15,19,21H,11-14H2,1-2H3. The fraction of sp³-hybridized carbons (Fsp3) is 0.391. The predicted molar refractivity (Wildman–Crippen MR) is 128 cm³/mol. The van der Waals surface area contributed by atoms with Gasteiger partial charge in [-0.3, -0.25) is 19.7 Å². The molecule has 0 aliphatic carbocycles. The van der Waals surface area contributed by atoms with Gasteiger partial charge >= 0.3 is 0 Å². The van der Waals surface area contributed by atoms with E-state index in [1.807, 2.05) is 13.8 Å². The van der Waals surface area contributed by atoms with Gasteiger partial charge in [0.05, 0.1) is 11.5 Å². The molecule has 0 aromatic heterocycles. The van der Waals surface area contributed by atoms with Gasteiger partial charge < -0.3 is 9.80 Å². The zero-order chi connectivity index (χ0) is 25.5. The minimum atomic E-state index is -4.36. The molecule has 2 aliphatic rings. The Morgan fingerprint density at radius 1 is 1.11 bits per heavy atom. The van der Waals surface area contributed by atoms with Crippen molar-refractivity contribution in [3.8, 4) is 0 Å². The summed E-state index contributed by atoms with van der Waals surface area (Å²) in [6.45, 7) is 3.47. The number of hydrogen-bond acceptors (Lipinski definition) is 6. The number of carbonyl (C=O) groups is 2. The van der Waals surface area contributed by atoms with Crippen LogP contribution in [0.25, 0.3) is 0 Å². The van der Waals surface area contributed by atoms with E-state index in [1.165, 1.54) is 23.1 Å². The number of nitro groups is 1. The van der Waals surface area contributed by atoms with E-state index in [2.05, 4.69) is 0 Å². The molecule has 35 heavy (non-hydrogen) atoms. The van der Waals surface area contributed by atoms with E-state index < -0.39 is 37.7 Å². The zero-order valence-corrected chi connectivity index (χ0v) is 20.8. The molecular formula is C23H25ClN4O6S. The lowest BCUT2D eigenvalue weighted by atomic mass is 9.97. The van der Waals surface area contributed by atoms with E-state index in [0.717, 1.165) is 15.9 Å². The molecule has 10 nitrogen and oxygen atoms in total. The Bertz CT molecular complexity index is 1270. The first kappa shape index (κ1) is 25.1. The average Bonchev–Trinajstić information content (AvgIpc) is 2.81. The van der Waals surface area contributed by atoms with Crippen LogP contribution in [0, 0.1) is 10.1 Å². The van der Waals surface area contributed by atoms with Gasteiger partial charge in [0.1, 0.15) is 12.2 Å². The molecular weight excluding hydrogens is 496 g/mol. The summed E-state index contributed by atoms with van der Waals surface area (Å²) >= 11 is 5.98. The van der Waals surface area contributed by atoms with Crippen molar-refractivity contribution in [3.63, 3.8) is 0 Å². The van der Waals surface area contributed by atoms with Crippen LogP contribution in [-0.4, -0.2) is 70.6 Å². The highest BCUT2D eigenvalue weighted by molar-refractivity contribution is 7.89. The molecule has 2 unspecified atom stereocenters. The van der Waals surface area contributed by atoms with Crippen LogP contribution in [0.5, 0.6) is 0 Å². The Hall–Kier alpha value is -3.02. The maximum absolute atomic E-state index is 13.7. The minimum Gasteiger partial charge on any atom is -0.335 e. The van der Waals surface area contributed by atoms with E-state index in [4.69, 9.17) is 11.6 Å². The third-order valence-corrected chi connectivity index (χ3v) is 8.56. The van der Waals surface area contributed by atoms with Gasteiger partial charge in [0.25, 0.3) is 15.7 Å². The summed E-state index contributed by atoms with van der Waals surface area (Å²) < 4.78 is 28.5. The number of fused-ring (bicyclic) bond motifs is 1. The lowest BCUT2D eigenvalue weighted by molar-refractivity contribution is -0.387. The van der Waals surface area contributed by atoms with Gasteiger partial charge in [0.2, 0.25) is 11.8 Å². The lowest BCUT2D eigenvalue weighted by Crippen LogP contribution is -2.72. The summed E-state index contributed by atoms with van der Waals surface area (Å²) in [4.78, 5) is 39.8. The van der Waals surface area contributed by atoms with Crippen LogP contribution in [-0.2, 0) is 26.0 Å². The van der Waals surface area contributed by atoms with Crippen LogP contribution in [0.1, 0.15) is 25.8 Å². The summed E-state index contributed by atoms with van der Waals surface area (Å²) in [6.07, 6.45) is -0.943. The third kappa shape index (κ3) is 4.63. The van der Waals surface area contributed by atoms with Crippen LogP contribution < -0.4 is 0 Å². The molecule has 0 bridgehead atoms. The molecule has 2 aromatic rings. The van der Waals surface area contributed by atoms with Gasteiger partial charge in [-0.25, -0.2) is 8.42 Å². The lowest BCUT2D eigenvalue weighted by Gasteiger charge is -2.52. The van der Waals surface area contributed by atoms with Crippen LogP contribution in [0.15, 0.2) is 53.4 Å². The van der Waals surface area contributed by atoms with Crippen molar-refractivity contribution in [3.05, 3.63) is 69.2 Å². The Morgan fingerprint density at radius 2 is 1.77 bits per heavy atom. The molecule has 12 heteroatoms. The number of benzene rings is 2. The monoisotopic (exact) mass is 520 g/mol. The fourth-order valence-electron chi connectivity index (χ4n) is 4.65. The van der Waals surface area contributed by atoms with Gasteiger partial charge in [-0.1, -0.05) is 35.9 Å². The van der Waals surface area contributed by atoms with Crippen molar-refractivity contribution in [2.24, 2.45) is 0 Å². The summed E-state index contributed by atoms with van der Waals surface area (Å²) in [5.41, 5.74) is 0.227. The zero-order valence-electron chi connectivity index (χ0n) is 19.2. The quantitative estimate of drug-likeness (QED) is 0.426. The SMILES string of the molecule is CC(C)N1CC2N(C(=O)CCN2S(=O)(=O)c2ccccc2[N+](=O)[O-])C(Cc2ccc(Cl)cc2)C1=O. The molecule has 2 heterocycles. The number of nitrogens with zero attached hydrogens (tertiary/aromatic N) is 4. The maximum Gasteiger partial charge on any atom is 0.289 e. The summed E-state index contributed by atoms with van der Waals surface area (Å²) in [5.74, 6) is -0.607. The number of amides is 2. The summed E-state index contributed by atoms with van der Waals surface area (Å²) in [7, 11) is -4.36. The van der Waals surface area contributed by atoms with Gasteiger partial charge in [0, 0.05) is 36.5 Å². The summed E-state index contributed by atoms with van der Waals surface area (Å²) in [5, 5.41) is 12.1. The van der Waals surface area contributed by atoms with E-state index in [0.29, 0.717) is 5.02 Å². The Labute approximate surface area is 208 Å². The van der Waals surface area contributed by atoms with Gasteiger partial charge in [-0.15, -0.1) is 0 Å². The van der Waals surface area contributed by atoms with E-state index >= 15 is 0 Å². The Kier molecular flexibility index (Phi) is 6.85. The van der Waals surface area contributed by atoms with Crippen molar-refractivity contribution in [1.82, 2.24) is 14.1 Å². The first-order chi connectivity index (χ1) is 16.5. The normalized spacial score (nSPS) is 21.4. The number of carbonyl (C=O) groups excluding carboxylic acids is 2. The molecule has 2 aromatic carbocycles. The predicted octanol–water partition coefficient (Wildman–Crippen LogP) is 2.66. The number of piperazine rings is 1. The van der Waals surface area contributed by atoms with E-state index in [1.54, 1.807) is 29.2 Å². The van der Waals surface area contributed by atoms with Crippen molar-refractivity contribution in [1.29, 1.82) is 0 Å². The first-order valence-electron chi connectivity index (χ1n) is 11.1. The number of halogens is 1. The fourth-order valence-corrected chi connectivity index (χ4v) is 6.51. The molecule has 0 N–H and O–H groups in total. The highest BCUT2D eigenvalue weighted by Crippen LogP contribution is 2.34. The molecule has 2 atom stereocenters. The number of rotatable bonds is 6. The molecule has 2 fully saturated rings. The van der Waals surface area contributed by atoms with E-state index in [9.17, 15) is 28.1 Å². The van der Waals surface area contributed by atoms with Gasteiger partial charge in [-0.05, 0) is 37.6 Å². The highest BCUT2D eigenvalue weighted by Gasteiger charge is 2.51. The minimum absolute atomic E-state index is 0.0286. The molecule has 2 saturated heterocycles. The van der Waals surface area contributed by atoms with Crippen molar-refractivity contribution in [2.45, 2.75) is 49.8 Å².